The predicted molar refractivity (Wildman–Crippen MR) is 109 cm³/mol. The van der Waals surface area contributed by atoms with Gasteiger partial charge >= 0.3 is 5.97 Å². The van der Waals surface area contributed by atoms with E-state index >= 15 is 0 Å². The van der Waals surface area contributed by atoms with Crippen molar-refractivity contribution in [3.8, 4) is 5.75 Å². The quantitative estimate of drug-likeness (QED) is 0.283. The van der Waals surface area contributed by atoms with Crippen LogP contribution in [0.15, 0.2) is 66.7 Å². The van der Waals surface area contributed by atoms with E-state index in [9.17, 15) is 4.79 Å². The van der Waals surface area contributed by atoms with Gasteiger partial charge in [0.2, 0.25) is 0 Å². The molecule has 0 N–H and O–H groups in total. The van der Waals surface area contributed by atoms with Gasteiger partial charge in [0.15, 0.2) is 6.29 Å². The highest BCUT2D eigenvalue weighted by Gasteiger charge is 2.42. The molecule has 148 valence electrons. The summed E-state index contributed by atoms with van der Waals surface area (Å²) in [5, 5.41) is 0. The summed E-state index contributed by atoms with van der Waals surface area (Å²) in [7, 11) is 0. The number of para-hydroxylation sites is 1. The Morgan fingerprint density at radius 2 is 1.57 bits per heavy atom. The van der Waals surface area contributed by atoms with Gasteiger partial charge in [0.1, 0.15) is 5.75 Å². The number of ether oxygens (including phenoxy) is 3. The molecule has 4 heteroatoms. The zero-order valence-electron chi connectivity index (χ0n) is 16.7. The fourth-order valence-electron chi connectivity index (χ4n) is 3.70. The van der Waals surface area contributed by atoms with Crippen LogP contribution in [0.25, 0.3) is 0 Å². The van der Waals surface area contributed by atoms with Gasteiger partial charge in [-0.2, -0.15) is 0 Å². The average Bonchev–Trinajstić information content (AvgIpc) is 3.14. The Labute approximate surface area is 167 Å². The lowest BCUT2D eigenvalue weighted by atomic mass is 9.81. The minimum absolute atomic E-state index is 0.0593. The standard InChI is InChI=1S/C24H28O4/c1-4-26-24(27-5-2)21-16-15-20(22(21)18-13-11-17(3)12-14-18)23(25)28-19-9-7-6-8-10-19/h6-16,20-22,24H,4-5H2,1-3H3/t20?,21-,22+/m1/s1. The minimum Gasteiger partial charge on any atom is -0.426 e. The summed E-state index contributed by atoms with van der Waals surface area (Å²) in [6.07, 6.45) is 3.58. The molecule has 0 saturated carbocycles. The molecule has 3 rings (SSSR count). The van der Waals surface area contributed by atoms with Gasteiger partial charge in [0, 0.05) is 25.0 Å². The molecule has 28 heavy (non-hydrogen) atoms. The SMILES string of the molecule is CCOC(OCC)[C@@H]1C=CC(C(=O)Oc2ccccc2)[C@@H]1c1ccc(C)cc1. The van der Waals surface area contributed by atoms with Crippen LogP contribution in [-0.2, 0) is 14.3 Å². The van der Waals surface area contributed by atoms with E-state index in [-0.39, 0.29) is 17.8 Å². The molecular formula is C24H28O4. The molecule has 0 aromatic heterocycles. The molecule has 0 fully saturated rings. The van der Waals surface area contributed by atoms with Crippen LogP contribution in [0.3, 0.4) is 0 Å². The number of esters is 1. The van der Waals surface area contributed by atoms with Crippen LogP contribution in [0.2, 0.25) is 0 Å². The Morgan fingerprint density at radius 1 is 0.929 bits per heavy atom. The van der Waals surface area contributed by atoms with Crippen molar-refractivity contribution in [1.82, 2.24) is 0 Å². The van der Waals surface area contributed by atoms with Gasteiger partial charge in [-0.05, 0) is 38.5 Å². The summed E-state index contributed by atoms with van der Waals surface area (Å²) in [6.45, 7) is 7.06. The largest absolute Gasteiger partial charge is 0.426 e. The smallest absolute Gasteiger partial charge is 0.318 e. The van der Waals surface area contributed by atoms with Crippen molar-refractivity contribution in [3.63, 3.8) is 0 Å². The first-order chi connectivity index (χ1) is 13.6. The number of carbonyl (C=O) groups is 1. The lowest BCUT2D eigenvalue weighted by Crippen LogP contribution is -2.33. The molecule has 4 nitrogen and oxygen atoms in total. The van der Waals surface area contributed by atoms with E-state index in [1.54, 1.807) is 12.1 Å². The number of aryl methyl sites for hydroxylation is 1. The first-order valence-electron chi connectivity index (χ1n) is 9.88. The second kappa shape index (κ2) is 9.67. The molecule has 2 aromatic carbocycles. The molecule has 3 atom stereocenters. The lowest BCUT2D eigenvalue weighted by molar-refractivity contribution is -0.163. The molecule has 1 aliphatic carbocycles. The number of hydrogen-bond acceptors (Lipinski definition) is 4. The average molecular weight is 380 g/mol. The summed E-state index contributed by atoms with van der Waals surface area (Å²) in [5.41, 5.74) is 2.26. The van der Waals surface area contributed by atoms with Crippen molar-refractivity contribution in [3.05, 3.63) is 77.9 Å². The zero-order valence-corrected chi connectivity index (χ0v) is 16.7. The van der Waals surface area contributed by atoms with Crippen LogP contribution in [0.4, 0.5) is 0 Å². The Bertz CT molecular complexity index is 776. The van der Waals surface area contributed by atoms with Crippen LogP contribution in [0.5, 0.6) is 5.75 Å². The van der Waals surface area contributed by atoms with Crippen LogP contribution < -0.4 is 4.74 Å². The zero-order chi connectivity index (χ0) is 19.9. The highest BCUT2D eigenvalue weighted by atomic mass is 16.7. The van der Waals surface area contributed by atoms with E-state index in [4.69, 9.17) is 14.2 Å². The van der Waals surface area contributed by atoms with Crippen molar-refractivity contribution in [2.45, 2.75) is 33.0 Å². The number of hydrogen-bond donors (Lipinski definition) is 0. The van der Waals surface area contributed by atoms with Crippen molar-refractivity contribution < 1.29 is 19.0 Å². The van der Waals surface area contributed by atoms with E-state index in [1.807, 2.05) is 44.2 Å². The van der Waals surface area contributed by atoms with Gasteiger partial charge in [-0.15, -0.1) is 0 Å². The van der Waals surface area contributed by atoms with Gasteiger partial charge in [-0.25, -0.2) is 0 Å². The topological polar surface area (TPSA) is 44.8 Å². The lowest BCUT2D eigenvalue weighted by Gasteiger charge is -2.30. The summed E-state index contributed by atoms with van der Waals surface area (Å²) >= 11 is 0. The summed E-state index contributed by atoms with van der Waals surface area (Å²) in [6, 6.07) is 17.5. The molecule has 0 spiro atoms. The molecule has 0 radical (unpaired) electrons. The Balaban J connectivity index is 1.88. The maximum Gasteiger partial charge on any atom is 0.318 e. The van der Waals surface area contributed by atoms with E-state index in [0.29, 0.717) is 19.0 Å². The highest BCUT2D eigenvalue weighted by molar-refractivity contribution is 5.79. The van der Waals surface area contributed by atoms with Crippen molar-refractivity contribution in [2.75, 3.05) is 13.2 Å². The van der Waals surface area contributed by atoms with Gasteiger partial charge in [0.25, 0.3) is 0 Å². The number of carbonyl (C=O) groups excluding carboxylic acids is 1. The van der Waals surface area contributed by atoms with Crippen LogP contribution in [-0.4, -0.2) is 25.5 Å². The van der Waals surface area contributed by atoms with Gasteiger partial charge in [-0.1, -0.05) is 60.2 Å². The Kier molecular flexibility index (Phi) is 7.01. The summed E-state index contributed by atoms with van der Waals surface area (Å²) < 4.78 is 17.4. The highest BCUT2D eigenvalue weighted by Crippen LogP contribution is 2.43. The van der Waals surface area contributed by atoms with Gasteiger partial charge in [-0.3, -0.25) is 4.79 Å². The van der Waals surface area contributed by atoms with E-state index in [1.165, 1.54) is 5.56 Å². The van der Waals surface area contributed by atoms with E-state index in [2.05, 4.69) is 31.2 Å². The van der Waals surface area contributed by atoms with E-state index < -0.39 is 12.2 Å². The molecule has 0 saturated heterocycles. The number of benzene rings is 2. The van der Waals surface area contributed by atoms with Crippen LogP contribution in [0.1, 0.15) is 30.9 Å². The molecule has 0 heterocycles. The second-order valence-corrected chi connectivity index (χ2v) is 6.94. The maximum atomic E-state index is 13.0. The first-order valence-corrected chi connectivity index (χ1v) is 9.88. The predicted octanol–water partition coefficient (Wildman–Crippen LogP) is 4.89. The second-order valence-electron chi connectivity index (χ2n) is 6.94. The van der Waals surface area contributed by atoms with Crippen molar-refractivity contribution in [1.29, 1.82) is 0 Å². The molecule has 0 aliphatic heterocycles. The molecule has 0 amide bonds. The molecule has 2 aromatic rings. The van der Waals surface area contributed by atoms with Crippen molar-refractivity contribution >= 4 is 5.97 Å². The fourth-order valence-corrected chi connectivity index (χ4v) is 3.70. The monoisotopic (exact) mass is 380 g/mol. The minimum atomic E-state index is -0.396. The molecule has 0 bridgehead atoms. The van der Waals surface area contributed by atoms with Crippen LogP contribution in [0, 0.1) is 18.8 Å². The van der Waals surface area contributed by atoms with Crippen molar-refractivity contribution in [2.24, 2.45) is 11.8 Å². The molecule has 1 aliphatic rings. The third-order valence-corrected chi connectivity index (χ3v) is 5.01. The maximum absolute atomic E-state index is 13.0. The Hall–Kier alpha value is -2.43. The first kappa shape index (κ1) is 20.3. The third-order valence-electron chi connectivity index (χ3n) is 5.01. The third kappa shape index (κ3) is 4.70. The normalized spacial score (nSPS) is 21.2. The van der Waals surface area contributed by atoms with Gasteiger partial charge in [0.05, 0.1) is 5.92 Å². The molecular weight excluding hydrogens is 352 g/mol. The van der Waals surface area contributed by atoms with E-state index in [0.717, 1.165) is 5.56 Å². The number of rotatable bonds is 8. The Morgan fingerprint density at radius 3 is 2.18 bits per heavy atom. The van der Waals surface area contributed by atoms with Gasteiger partial charge < -0.3 is 14.2 Å². The summed E-state index contributed by atoms with van der Waals surface area (Å²) in [4.78, 5) is 13.0. The molecule has 1 unspecified atom stereocenters. The summed E-state index contributed by atoms with van der Waals surface area (Å²) in [5.74, 6) is -0.257. The van der Waals surface area contributed by atoms with Crippen LogP contribution >= 0.6 is 0 Å². The fraction of sp³-hybridized carbons (Fsp3) is 0.375.